The lowest BCUT2D eigenvalue weighted by molar-refractivity contribution is -0.173. The van der Waals surface area contributed by atoms with Crippen LogP contribution in [0.2, 0.25) is 5.02 Å². The van der Waals surface area contributed by atoms with Crippen molar-refractivity contribution in [2.45, 2.75) is 43.6 Å². The predicted molar refractivity (Wildman–Crippen MR) is 109 cm³/mol. The summed E-state index contributed by atoms with van der Waals surface area (Å²) in [5.41, 5.74) is 0.447. The Kier molecular flexibility index (Phi) is 6.00. The number of nitrogens with one attached hydrogen (secondary N) is 2. The van der Waals surface area contributed by atoms with Crippen LogP contribution >= 0.6 is 27.5 Å². The number of anilines is 1. The predicted octanol–water partition coefficient (Wildman–Crippen LogP) is 4.87. The molecule has 3 atom stereocenters. The van der Waals surface area contributed by atoms with Crippen LogP contribution in [0.4, 0.5) is 19.0 Å². The molecular formula is C19H19BrClF3N4O2. The van der Waals surface area contributed by atoms with Crippen molar-refractivity contribution >= 4 is 39.3 Å². The number of carbonyl (C=O) groups is 1. The van der Waals surface area contributed by atoms with Gasteiger partial charge in [0, 0.05) is 24.0 Å². The van der Waals surface area contributed by atoms with Gasteiger partial charge in [0.2, 0.25) is 0 Å². The van der Waals surface area contributed by atoms with E-state index in [1.165, 1.54) is 0 Å². The van der Waals surface area contributed by atoms with Crippen LogP contribution in [0.3, 0.4) is 0 Å². The first-order valence-electron chi connectivity index (χ1n) is 9.50. The summed E-state index contributed by atoms with van der Waals surface area (Å²) in [7, 11) is 0. The second kappa shape index (κ2) is 8.39. The monoisotopic (exact) mass is 506 g/mol. The zero-order valence-electron chi connectivity index (χ0n) is 15.7. The largest absolute Gasteiger partial charge is 0.410 e. The van der Waals surface area contributed by atoms with E-state index in [2.05, 4.69) is 31.7 Å². The summed E-state index contributed by atoms with van der Waals surface area (Å²) in [5.74, 6) is -0.638. The van der Waals surface area contributed by atoms with Crippen LogP contribution in [0.5, 0.6) is 0 Å². The number of alkyl halides is 3. The van der Waals surface area contributed by atoms with Crippen LogP contribution in [0.15, 0.2) is 28.7 Å². The van der Waals surface area contributed by atoms with E-state index in [1.54, 1.807) is 24.3 Å². The summed E-state index contributed by atoms with van der Waals surface area (Å²) in [6.45, 7) is 0.893. The maximum atomic E-state index is 13.8. The minimum absolute atomic E-state index is 0.0135. The summed E-state index contributed by atoms with van der Waals surface area (Å²) < 4.78 is 48.5. The van der Waals surface area contributed by atoms with Gasteiger partial charge < -0.3 is 15.4 Å². The maximum Gasteiger partial charge on any atom is 0.410 e. The van der Waals surface area contributed by atoms with Gasteiger partial charge in [-0.15, -0.1) is 0 Å². The number of benzene rings is 1. The summed E-state index contributed by atoms with van der Waals surface area (Å²) >= 11 is 9.63. The molecule has 1 fully saturated rings. The van der Waals surface area contributed by atoms with Crippen molar-refractivity contribution in [2.24, 2.45) is 0 Å². The van der Waals surface area contributed by atoms with Gasteiger partial charge in [-0.2, -0.15) is 18.3 Å². The second-order valence-electron chi connectivity index (χ2n) is 7.34. The number of fused-ring (bicyclic) bond motifs is 1. The van der Waals surface area contributed by atoms with E-state index >= 15 is 0 Å². The Labute approximate surface area is 184 Å². The molecule has 162 valence electrons. The Hall–Kier alpha value is -1.78. The van der Waals surface area contributed by atoms with Crippen LogP contribution in [-0.2, 0) is 4.74 Å². The number of ether oxygens (including phenoxy) is 1. The molecule has 0 bridgehead atoms. The lowest BCUT2D eigenvalue weighted by atomic mass is 9.97. The molecule has 2 aromatic rings. The number of hydrogen-bond acceptors (Lipinski definition) is 4. The highest BCUT2D eigenvalue weighted by atomic mass is 79.9. The molecule has 3 heterocycles. The minimum atomic E-state index is -4.55. The van der Waals surface area contributed by atoms with Gasteiger partial charge in [-0.05, 0) is 30.5 Å². The lowest BCUT2D eigenvalue weighted by Crippen LogP contribution is -2.36. The first kappa shape index (κ1) is 21.5. The highest BCUT2D eigenvalue weighted by molar-refractivity contribution is 9.10. The third-order valence-electron chi connectivity index (χ3n) is 5.30. The van der Waals surface area contributed by atoms with Crippen molar-refractivity contribution in [3.05, 3.63) is 45.0 Å². The van der Waals surface area contributed by atoms with Gasteiger partial charge in [-0.25, -0.2) is 4.68 Å². The SMILES string of the molecule is O=C(NC[C@@H]1CCCO1)c1nn2c(c1Cl)N[C@@H](c1ccc(Br)cc1)C[C@H]2C(F)(F)F. The first-order valence-corrected chi connectivity index (χ1v) is 10.7. The van der Waals surface area contributed by atoms with Crippen molar-refractivity contribution in [2.75, 3.05) is 18.5 Å². The van der Waals surface area contributed by atoms with Gasteiger partial charge in [0.05, 0.1) is 12.1 Å². The third-order valence-corrected chi connectivity index (χ3v) is 6.18. The summed E-state index contributed by atoms with van der Waals surface area (Å²) in [4.78, 5) is 12.5. The van der Waals surface area contributed by atoms with Crippen LogP contribution in [-0.4, -0.2) is 41.1 Å². The van der Waals surface area contributed by atoms with Crippen LogP contribution in [0, 0.1) is 0 Å². The fourth-order valence-electron chi connectivity index (χ4n) is 3.74. The average Bonchev–Trinajstić information content (AvgIpc) is 3.33. The van der Waals surface area contributed by atoms with Gasteiger partial charge in [0.25, 0.3) is 5.91 Å². The van der Waals surface area contributed by atoms with Crippen molar-refractivity contribution in [1.82, 2.24) is 15.1 Å². The molecule has 4 rings (SSSR count). The quantitative estimate of drug-likeness (QED) is 0.620. The topological polar surface area (TPSA) is 68.2 Å². The molecule has 0 aliphatic carbocycles. The van der Waals surface area contributed by atoms with Crippen LogP contribution in [0.1, 0.15) is 47.4 Å². The lowest BCUT2D eigenvalue weighted by Gasteiger charge is -2.33. The molecule has 6 nitrogen and oxygen atoms in total. The number of halogens is 5. The molecule has 2 N–H and O–H groups in total. The molecule has 1 amide bonds. The highest BCUT2D eigenvalue weighted by Crippen LogP contribution is 2.46. The van der Waals surface area contributed by atoms with Gasteiger partial charge in [-0.1, -0.05) is 39.7 Å². The number of hydrogen-bond donors (Lipinski definition) is 2. The molecule has 0 unspecified atom stereocenters. The summed E-state index contributed by atoms with van der Waals surface area (Å²) in [5, 5.41) is 9.48. The number of aromatic nitrogens is 2. The first-order chi connectivity index (χ1) is 14.2. The zero-order valence-corrected chi connectivity index (χ0v) is 18.0. The highest BCUT2D eigenvalue weighted by Gasteiger charge is 2.47. The van der Waals surface area contributed by atoms with Crippen molar-refractivity contribution in [3.63, 3.8) is 0 Å². The smallest absolute Gasteiger partial charge is 0.376 e. The fourth-order valence-corrected chi connectivity index (χ4v) is 4.27. The standard InChI is InChI=1S/C19H19BrClF3N4O2/c20-11-5-3-10(4-6-11)13-8-14(19(22,23)24)28-17(26-13)15(21)16(27-28)18(29)25-9-12-2-1-7-30-12/h3-6,12-14,26H,1-2,7-9H2,(H,25,29)/t12-,13+,14-/m0/s1. The third kappa shape index (κ3) is 4.31. The van der Waals surface area contributed by atoms with Crippen LogP contribution in [0.25, 0.3) is 0 Å². The van der Waals surface area contributed by atoms with Crippen molar-refractivity contribution in [1.29, 1.82) is 0 Å². The van der Waals surface area contributed by atoms with Gasteiger partial charge in [0.1, 0.15) is 10.8 Å². The summed E-state index contributed by atoms with van der Waals surface area (Å²) in [6.07, 6.45) is -3.19. The Balaban J connectivity index is 1.62. The molecule has 0 radical (unpaired) electrons. The molecule has 0 saturated carbocycles. The van der Waals surface area contributed by atoms with Crippen molar-refractivity contribution in [3.8, 4) is 0 Å². The van der Waals surface area contributed by atoms with E-state index in [4.69, 9.17) is 16.3 Å². The molecular weight excluding hydrogens is 489 g/mol. The number of amides is 1. The number of nitrogens with zero attached hydrogens (tertiary/aromatic N) is 2. The molecule has 30 heavy (non-hydrogen) atoms. The van der Waals surface area contributed by atoms with Gasteiger partial charge in [0.15, 0.2) is 11.7 Å². The summed E-state index contributed by atoms with van der Waals surface area (Å²) in [6, 6.07) is 4.47. The van der Waals surface area contributed by atoms with Crippen LogP contribution < -0.4 is 10.6 Å². The Morgan fingerprint density at radius 2 is 2.10 bits per heavy atom. The maximum absolute atomic E-state index is 13.8. The van der Waals surface area contributed by atoms with E-state index < -0.39 is 24.2 Å². The fraction of sp³-hybridized carbons (Fsp3) is 0.474. The molecule has 1 saturated heterocycles. The van der Waals surface area contributed by atoms with E-state index in [1.807, 2.05) is 0 Å². The molecule has 1 aromatic heterocycles. The zero-order chi connectivity index (χ0) is 21.5. The molecule has 1 aromatic carbocycles. The molecule has 2 aliphatic rings. The normalized spacial score (nSPS) is 23.7. The Bertz CT molecular complexity index is 929. The van der Waals surface area contributed by atoms with Gasteiger partial charge in [-0.3, -0.25) is 4.79 Å². The van der Waals surface area contributed by atoms with E-state index in [-0.39, 0.29) is 35.6 Å². The molecule has 0 spiro atoms. The second-order valence-corrected chi connectivity index (χ2v) is 8.64. The number of carbonyl (C=O) groups excluding carboxylic acids is 1. The minimum Gasteiger partial charge on any atom is -0.376 e. The Morgan fingerprint density at radius 1 is 1.37 bits per heavy atom. The van der Waals surface area contributed by atoms with E-state index in [0.29, 0.717) is 12.2 Å². The van der Waals surface area contributed by atoms with Gasteiger partial charge >= 0.3 is 6.18 Å². The molecule has 11 heteroatoms. The average molecular weight is 508 g/mol. The Morgan fingerprint density at radius 3 is 2.73 bits per heavy atom. The van der Waals surface area contributed by atoms with E-state index in [9.17, 15) is 18.0 Å². The van der Waals surface area contributed by atoms with Crippen molar-refractivity contribution < 1.29 is 22.7 Å². The molecule has 2 aliphatic heterocycles. The van der Waals surface area contributed by atoms with E-state index in [0.717, 1.165) is 22.0 Å². The number of rotatable bonds is 4.